The monoisotopic (exact) mass is 1430 g/mol. The minimum atomic E-state index is -4.97. The third-order valence-corrected chi connectivity index (χ3v) is 18.9. The topological polar surface area (TPSA) is 237 Å². The number of phosphoric ester groups is 2. The van der Waals surface area contributed by atoms with Gasteiger partial charge in [0.25, 0.3) is 0 Å². The number of rotatable bonds is 75. The van der Waals surface area contributed by atoms with Gasteiger partial charge in [0.2, 0.25) is 0 Å². The number of hydrogen-bond donors (Lipinski definition) is 3. The standard InChI is InChI=1S/C79H144O17P2/c1-5-9-13-17-21-25-29-33-36-40-43-47-51-55-59-63-76(81)89-69-74(95-78(83)65-61-57-53-49-45-39-32-28-24-20-16-12-8-4)71-93-97(85,86)91-67-73(80)68-92-98(87,88)94-72-75(96-79(84)66-62-58-54-50-46-42-38-35-31-27-23-19-15-11-7-3)70-90-77(82)64-60-56-52-48-44-41-37-34-30-26-22-18-14-10-6-2/h9,13,21,25,28,32-34,36-37,73-75,80H,5-8,10-12,14-20,22-24,26-27,29-31,35,38-72H2,1-4H3,(H,85,86)(H,87,88)/b13-9-,25-21-,32-28-,36-33-,37-34-. The van der Waals surface area contributed by atoms with Crippen LogP contribution in [-0.4, -0.2) is 96.7 Å². The van der Waals surface area contributed by atoms with Crippen molar-refractivity contribution in [3.8, 4) is 0 Å². The van der Waals surface area contributed by atoms with Crippen molar-refractivity contribution in [2.45, 2.75) is 380 Å². The molecule has 3 N–H and O–H groups in total. The van der Waals surface area contributed by atoms with Crippen LogP contribution in [0.15, 0.2) is 60.8 Å². The highest BCUT2D eigenvalue weighted by molar-refractivity contribution is 7.47. The molecule has 5 atom stereocenters. The normalized spacial score (nSPS) is 14.2. The average Bonchev–Trinajstić information content (AvgIpc) is 0.959. The molecule has 0 heterocycles. The zero-order valence-electron chi connectivity index (χ0n) is 62.5. The van der Waals surface area contributed by atoms with Gasteiger partial charge < -0.3 is 33.8 Å². The van der Waals surface area contributed by atoms with E-state index in [2.05, 4.69) is 88.5 Å². The number of carbonyl (C=O) groups is 4. The van der Waals surface area contributed by atoms with Gasteiger partial charge in [-0.15, -0.1) is 0 Å². The van der Waals surface area contributed by atoms with Gasteiger partial charge in [0.15, 0.2) is 12.2 Å². The SMILES string of the molecule is CC/C=C\C/C=C\C/C=C\CCCCCCCC(=O)OCC(COP(=O)(O)OCC(O)COP(=O)(O)OCC(COC(=O)CCCCCCC/C=C\CCCCCCCC)OC(=O)CCCCCCCCCCCCCCCCC)OC(=O)CCCCCCC/C=C\CCCCCC. The summed E-state index contributed by atoms with van der Waals surface area (Å²) in [5.74, 6) is -2.18. The highest BCUT2D eigenvalue weighted by Crippen LogP contribution is 2.45. The van der Waals surface area contributed by atoms with Crippen LogP contribution < -0.4 is 0 Å². The Morgan fingerprint density at radius 1 is 0.296 bits per heavy atom. The maximum Gasteiger partial charge on any atom is 0.472 e. The molecule has 0 bridgehead atoms. The highest BCUT2D eigenvalue weighted by atomic mass is 31.2. The zero-order chi connectivity index (χ0) is 71.8. The van der Waals surface area contributed by atoms with Crippen LogP contribution in [0.4, 0.5) is 0 Å². The quantitative estimate of drug-likeness (QED) is 0.0169. The number of ether oxygens (including phenoxy) is 4. The molecule has 0 rings (SSSR count). The van der Waals surface area contributed by atoms with Gasteiger partial charge in [0, 0.05) is 25.7 Å². The first kappa shape index (κ1) is 94.8. The predicted octanol–water partition coefficient (Wildman–Crippen LogP) is 22.7. The fourth-order valence-corrected chi connectivity index (χ4v) is 12.5. The second kappa shape index (κ2) is 72.1. The lowest BCUT2D eigenvalue weighted by molar-refractivity contribution is -0.161. The number of carbonyl (C=O) groups excluding carboxylic acids is 4. The van der Waals surface area contributed by atoms with Crippen molar-refractivity contribution in [3.63, 3.8) is 0 Å². The van der Waals surface area contributed by atoms with Crippen LogP contribution in [-0.2, 0) is 65.4 Å². The summed E-state index contributed by atoms with van der Waals surface area (Å²) in [7, 11) is -9.94. The summed E-state index contributed by atoms with van der Waals surface area (Å²) in [5.41, 5.74) is 0. The van der Waals surface area contributed by atoms with Crippen LogP contribution in [0.2, 0.25) is 0 Å². The summed E-state index contributed by atoms with van der Waals surface area (Å²) >= 11 is 0. The number of esters is 4. The molecular weight excluding hydrogens is 1280 g/mol. The van der Waals surface area contributed by atoms with Gasteiger partial charge in [0.05, 0.1) is 26.4 Å². The van der Waals surface area contributed by atoms with E-state index in [9.17, 15) is 43.2 Å². The first-order chi connectivity index (χ1) is 47.7. The maximum atomic E-state index is 13.1. The summed E-state index contributed by atoms with van der Waals surface area (Å²) in [6, 6.07) is 0. The van der Waals surface area contributed by atoms with Gasteiger partial charge in [-0.25, -0.2) is 9.13 Å². The molecule has 19 heteroatoms. The number of phosphoric acid groups is 2. The zero-order valence-corrected chi connectivity index (χ0v) is 64.3. The van der Waals surface area contributed by atoms with Crippen molar-refractivity contribution in [1.82, 2.24) is 0 Å². The van der Waals surface area contributed by atoms with E-state index in [0.717, 1.165) is 154 Å². The molecule has 572 valence electrons. The Hall–Kier alpha value is -3.24. The summed E-state index contributed by atoms with van der Waals surface area (Å²) in [4.78, 5) is 72.9. The third kappa shape index (κ3) is 71.2. The van der Waals surface area contributed by atoms with Crippen molar-refractivity contribution >= 4 is 39.5 Å². The molecule has 0 aromatic rings. The molecule has 0 fully saturated rings. The largest absolute Gasteiger partial charge is 0.472 e. The van der Waals surface area contributed by atoms with E-state index >= 15 is 0 Å². The molecular formula is C79H144O17P2. The maximum absolute atomic E-state index is 13.1. The molecule has 0 saturated heterocycles. The first-order valence-electron chi connectivity index (χ1n) is 39.5. The summed E-state index contributed by atoms with van der Waals surface area (Å²) in [6.45, 7) is 4.77. The molecule has 0 saturated carbocycles. The number of hydrogen-bond acceptors (Lipinski definition) is 15. The number of aliphatic hydroxyl groups is 1. The molecule has 0 aliphatic rings. The van der Waals surface area contributed by atoms with E-state index in [1.54, 1.807) is 0 Å². The minimum Gasteiger partial charge on any atom is -0.462 e. The number of aliphatic hydroxyl groups excluding tert-OH is 1. The van der Waals surface area contributed by atoms with Crippen LogP contribution in [0.1, 0.15) is 362 Å². The lowest BCUT2D eigenvalue weighted by atomic mass is 10.0. The molecule has 0 spiro atoms. The minimum absolute atomic E-state index is 0.0842. The van der Waals surface area contributed by atoms with Crippen LogP contribution in [0, 0.1) is 0 Å². The number of unbranched alkanes of at least 4 members (excludes halogenated alkanes) is 39. The van der Waals surface area contributed by atoms with E-state index in [4.69, 9.17) is 37.0 Å². The Morgan fingerprint density at radius 3 is 0.837 bits per heavy atom. The van der Waals surface area contributed by atoms with Gasteiger partial charge >= 0.3 is 39.5 Å². The van der Waals surface area contributed by atoms with Gasteiger partial charge in [0.1, 0.15) is 19.3 Å². The molecule has 0 aliphatic heterocycles. The molecule has 98 heavy (non-hydrogen) atoms. The summed E-state index contributed by atoms with van der Waals surface area (Å²) in [6.07, 6.45) is 70.5. The van der Waals surface area contributed by atoms with Crippen molar-refractivity contribution in [2.75, 3.05) is 39.6 Å². The summed E-state index contributed by atoms with van der Waals surface area (Å²) in [5, 5.41) is 10.6. The molecule has 0 aromatic carbocycles. The Kier molecular flexibility index (Phi) is 69.7. The van der Waals surface area contributed by atoms with E-state index < -0.39 is 97.5 Å². The van der Waals surface area contributed by atoms with Gasteiger partial charge in [-0.05, 0) is 109 Å². The van der Waals surface area contributed by atoms with Crippen LogP contribution >= 0.6 is 15.6 Å². The van der Waals surface area contributed by atoms with Crippen molar-refractivity contribution in [3.05, 3.63) is 60.8 Å². The fraction of sp³-hybridized carbons (Fsp3) is 0.823. The fourth-order valence-electron chi connectivity index (χ4n) is 10.9. The predicted molar refractivity (Wildman–Crippen MR) is 400 cm³/mol. The van der Waals surface area contributed by atoms with E-state index in [1.807, 2.05) is 0 Å². The van der Waals surface area contributed by atoms with Crippen molar-refractivity contribution in [2.24, 2.45) is 0 Å². The Balaban J connectivity index is 5.33. The van der Waals surface area contributed by atoms with Crippen LogP contribution in [0.3, 0.4) is 0 Å². The Morgan fingerprint density at radius 2 is 0.531 bits per heavy atom. The van der Waals surface area contributed by atoms with E-state index in [1.165, 1.54) is 128 Å². The molecule has 0 aliphatic carbocycles. The Bertz CT molecular complexity index is 2100. The van der Waals surface area contributed by atoms with E-state index in [-0.39, 0.29) is 25.7 Å². The first-order valence-corrected chi connectivity index (χ1v) is 42.5. The van der Waals surface area contributed by atoms with Gasteiger partial charge in [-0.3, -0.25) is 37.3 Å². The van der Waals surface area contributed by atoms with Crippen LogP contribution in [0.25, 0.3) is 0 Å². The highest BCUT2D eigenvalue weighted by Gasteiger charge is 2.30. The molecule has 0 amide bonds. The van der Waals surface area contributed by atoms with Crippen molar-refractivity contribution in [1.29, 1.82) is 0 Å². The van der Waals surface area contributed by atoms with Crippen molar-refractivity contribution < 1.29 is 80.2 Å². The second-order valence-electron chi connectivity index (χ2n) is 26.6. The molecule has 0 radical (unpaired) electrons. The van der Waals surface area contributed by atoms with E-state index in [0.29, 0.717) is 25.7 Å². The van der Waals surface area contributed by atoms with Gasteiger partial charge in [-0.1, -0.05) is 288 Å². The Labute approximate surface area is 597 Å². The molecule has 5 unspecified atom stereocenters. The smallest absolute Gasteiger partial charge is 0.462 e. The molecule has 17 nitrogen and oxygen atoms in total. The summed E-state index contributed by atoms with van der Waals surface area (Å²) < 4.78 is 68.5. The lowest BCUT2D eigenvalue weighted by Crippen LogP contribution is -2.30. The number of allylic oxidation sites excluding steroid dienone is 10. The molecule has 0 aromatic heterocycles. The van der Waals surface area contributed by atoms with Crippen LogP contribution in [0.5, 0.6) is 0 Å². The second-order valence-corrected chi connectivity index (χ2v) is 29.5. The average molecular weight is 1430 g/mol. The van der Waals surface area contributed by atoms with Gasteiger partial charge in [-0.2, -0.15) is 0 Å². The lowest BCUT2D eigenvalue weighted by Gasteiger charge is -2.21. The third-order valence-electron chi connectivity index (χ3n) is 17.0.